The molecule has 1 N–H and O–H groups in total. The first-order valence-corrected chi connectivity index (χ1v) is 5.04. The summed E-state index contributed by atoms with van der Waals surface area (Å²) in [5, 5.41) is 2.92. The van der Waals surface area contributed by atoms with Gasteiger partial charge in [0.2, 0.25) is 0 Å². The van der Waals surface area contributed by atoms with Crippen LogP contribution in [0.5, 0.6) is 0 Å². The Balaban J connectivity index is 4.09. The highest BCUT2D eigenvalue weighted by Crippen LogP contribution is 2.07. The van der Waals surface area contributed by atoms with Gasteiger partial charge in [-0.2, -0.15) is 0 Å². The first kappa shape index (κ1) is 13.4. The van der Waals surface area contributed by atoms with E-state index in [4.69, 9.17) is 9.47 Å². The normalized spacial score (nSPS) is 14.9. The van der Waals surface area contributed by atoms with E-state index in [2.05, 4.69) is 5.32 Å². The van der Waals surface area contributed by atoms with E-state index in [1.54, 1.807) is 20.9 Å². The summed E-state index contributed by atoms with van der Waals surface area (Å²) in [5.74, 6) is -0.265. The molecule has 0 aromatic heterocycles. The highest BCUT2D eigenvalue weighted by molar-refractivity contribution is 5.80. The number of ether oxygens (including phenoxy) is 2. The fourth-order valence-electron chi connectivity index (χ4n) is 0.944. The van der Waals surface area contributed by atoms with Gasteiger partial charge in [0.1, 0.15) is 5.54 Å². The molecule has 4 nitrogen and oxygen atoms in total. The number of likely N-dealkylation sites (N-methyl/N-ethyl adjacent to an activating group) is 1. The third-order valence-corrected chi connectivity index (χ3v) is 2.02. The molecule has 0 radical (unpaired) electrons. The molecule has 0 rings (SSSR count). The topological polar surface area (TPSA) is 47.6 Å². The highest BCUT2D eigenvalue weighted by atomic mass is 16.5. The lowest BCUT2D eigenvalue weighted by Gasteiger charge is -2.26. The number of carbonyl (C=O) groups is 1. The monoisotopic (exact) mass is 203 g/mol. The fourth-order valence-corrected chi connectivity index (χ4v) is 0.944. The van der Waals surface area contributed by atoms with E-state index in [1.165, 1.54) is 0 Å². The number of hydrogen-bond acceptors (Lipinski definition) is 4. The Bertz CT molecular complexity index is 173. The Morgan fingerprint density at radius 1 is 1.43 bits per heavy atom. The number of nitrogens with one attached hydrogen (secondary N) is 1. The molecular formula is C10H21NO3. The van der Waals surface area contributed by atoms with Gasteiger partial charge in [0.25, 0.3) is 0 Å². The molecular weight excluding hydrogens is 182 g/mol. The number of esters is 1. The van der Waals surface area contributed by atoms with Gasteiger partial charge in [-0.05, 0) is 27.3 Å². The van der Waals surface area contributed by atoms with Crippen LogP contribution in [0.4, 0.5) is 0 Å². The highest BCUT2D eigenvalue weighted by Gasteiger charge is 2.33. The number of hydrogen-bond donors (Lipinski definition) is 1. The Kier molecular flexibility index (Phi) is 6.49. The Morgan fingerprint density at radius 2 is 2.07 bits per heavy atom. The van der Waals surface area contributed by atoms with Crippen molar-refractivity contribution < 1.29 is 14.3 Å². The van der Waals surface area contributed by atoms with E-state index in [0.29, 0.717) is 19.8 Å². The molecule has 0 saturated carbocycles. The Morgan fingerprint density at radius 3 is 2.50 bits per heavy atom. The van der Waals surface area contributed by atoms with Crippen LogP contribution < -0.4 is 5.32 Å². The van der Waals surface area contributed by atoms with E-state index >= 15 is 0 Å². The average molecular weight is 203 g/mol. The van der Waals surface area contributed by atoms with Crippen LogP contribution in [0.25, 0.3) is 0 Å². The lowest BCUT2D eigenvalue weighted by Crippen LogP contribution is -2.52. The zero-order valence-corrected chi connectivity index (χ0v) is 9.55. The van der Waals surface area contributed by atoms with Crippen LogP contribution in [0.15, 0.2) is 0 Å². The maximum absolute atomic E-state index is 11.5. The predicted octanol–water partition coefficient (Wildman–Crippen LogP) is 0.954. The lowest BCUT2D eigenvalue weighted by molar-refractivity contribution is -0.153. The fraction of sp³-hybridized carbons (Fsp3) is 0.900. The van der Waals surface area contributed by atoms with Gasteiger partial charge in [-0.25, -0.2) is 4.79 Å². The molecule has 14 heavy (non-hydrogen) atoms. The summed E-state index contributed by atoms with van der Waals surface area (Å²) in [5.41, 5.74) is -0.731. The summed E-state index contributed by atoms with van der Waals surface area (Å²) in [4.78, 5) is 11.5. The summed E-state index contributed by atoms with van der Waals surface area (Å²) in [6, 6.07) is 0. The predicted molar refractivity (Wildman–Crippen MR) is 55.2 cm³/mol. The van der Waals surface area contributed by atoms with Crippen molar-refractivity contribution in [3.8, 4) is 0 Å². The van der Waals surface area contributed by atoms with E-state index in [1.807, 2.05) is 6.92 Å². The molecule has 0 saturated heterocycles. The van der Waals surface area contributed by atoms with Gasteiger partial charge < -0.3 is 14.8 Å². The SMILES string of the molecule is CCCOCC(C)(NC)C(=O)OCC. The molecule has 0 fully saturated rings. The molecule has 1 unspecified atom stereocenters. The van der Waals surface area contributed by atoms with Gasteiger partial charge in [0.15, 0.2) is 0 Å². The van der Waals surface area contributed by atoms with Crippen molar-refractivity contribution in [1.82, 2.24) is 5.32 Å². The first-order valence-electron chi connectivity index (χ1n) is 5.04. The summed E-state index contributed by atoms with van der Waals surface area (Å²) in [6.07, 6.45) is 0.947. The average Bonchev–Trinajstić information content (AvgIpc) is 2.18. The van der Waals surface area contributed by atoms with Crippen molar-refractivity contribution in [2.45, 2.75) is 32.7 Å². The standard InChI is InChI=1S/C10H21NO3/c1-5-7-13-8-10(3,11-4)9(12)14-6-2/h11H,5-8H2,1-4H3. The quantitative estimate of drug-likeness (QED) is 0.494. The van der Waals surface area contributed by atoms with Crippen molar-refractivity contribution in [3.05, 3.63) is 0 Å². The van der Waals surface area contributed by atoms with Crippen LogP contribution in [-0.4, -0.2) is 38.4 Å². The molecule has 1 atom stereocenters. The summed E-state index contributed by atoms with van der Waals surface area (Å²) in [6.45, 7) is 7.00. The number of carbonyl (C=O) groups excluding carboxylic acids is 1. The summed E-state index contributed by atoms with van der Waals surface area (Å²) < 4.78 is 10.3. The van der Waals surface area contributed by atoms with Crippen molar-refractivity contribution in [1.29, 1.82) is 0 Å². The Labute approximate surface area is 86.0 Å². The van der Waals surface area contributed by atoms with Crippen LogP contribution in [-0.2, 0) is 14.3 Å². The minimum Gasteiger partial charge on any atom is -0.465 e. The molecule has 0 heterocycles. The van der Waals surface area contributed by atoms with Gasteiger partial charge in [-0.3, -0.25) is 0 Å². The Hall–Kier alpha value is -0.610. The van der Waals surface area contributed by atoms with Crippen LogP contribution in [0, 0.1) is 0 Å². The molecule has 0 amide bonds. The van der Waals surface area contributed by atoms with Crippen LogP contribution in [0.3, 0.4) is 0 Å². The summed E-state index contributed by atoms with van der Waals surface area (Å²) >= 11 is 0. The molecule has 0 aliphatic rings. The minimum absolute atomic E-state index is 0.265. The van der Waals surface area contributed by atoms with Crippen molar-refractivity contribution >= 4 is 5.97 Å². The van der Waals surface area contributed by atoms with E-state index in [-0.39, 0.29) is 5.97 Å². The zero-order chi connectivity index (χ0) is 11.0. The maximum Gasteiger partial charge on any atom is 0.328 e. The summed E-state index contributed by atoms with van der Waals surface area (Å²) in [7, 11) is 1.73. The van der Waals surface area contributed by atoms with Crippen molar-refractivity contribution in [2.75, 3.05) is 26.9 Å². The molecule has 0 spiro atoms. The van der Waals surface area contributed by atoms with Gasteiger partial charge in [0, 0.05) is 6.61 Å². The molecule has 84 valence electrons. The second-order valence-corrected chi connectivity index (χ2v) is 3.36. The lowest BCUT2D eigenvalue weighted by atomic mass is 10.1. The van der Waals surface area contributed by atoms with Crippen LogP contribution in [0.2, 0.25) is 0 Å². The van der Waals surface area contributed by atoms with Gasteiger partial charge >= 0.3 is 5.97 Å². The van der Waals surface area contributed by atoms with Crippen LogP contribution in [0.1, 0.15) is 27.2 Å². The van der Waals surface area contributed by atoms with Gasteiger partial charge in [0.05, 0.1) is 13.2 Å². The molecule has 0 aliphatic carbocycles. The van der Waals surface area contributed by atoms with E-state index in [0.717, 1.165) is 6.42 Å². The first-order chi connectivity index (χ1) is 6.60. The van der Waals surface area contributed by atoms with Crippen molar-refractivity contribution in [2.24, 2.45) is 0 Å². The molecule has 4 heteroatoms. The largest absolute Gasteiger partial charge is 0.465 e. The smallest absolute Gasteiger partial charge is 0.328 e. The third-order valence-electron chi connectivity index (χ3n) is 2.02. The maximum atomic E-state index is 11.5. The third kappa shape index (κ3) is 4.07. The second-order valence-electron chi connectivity index (χ2n) is 3.36. The van der Waals surface area contributed by atoms with Crippen LogP contribution >= 0.6 is 0 Å². The van der Waals surface area contributed by atoms with E-state index < -0.39 is 5.54 Å². The second kappa shape index (κ2) is 6.79. The molecule has 0 aromatic carbocycles. The van der Waals surface area contributed by atoms with E-state index in [9.17, 15) is 4.79 Å². The van der Waals surface area contributed by atoms with Crippen molar-refractivity contribution in [3.63, 3.8) is 0 Å². The van der Waals surface area contributed by atoms with Gasteiger partial charge in [-0.1, -0.05) is 6.92 Å². The van der Waals surface area contributed by atoms with Gasteiger partial charge in [-0.15, -0.1) is 0 Å². The zero-order valence-electron chi connectivity index (χ0n) is 9.55. The molecule has 0 aromatic rings. The number of rotatable bonds is 7. The molecule has 0 bridgehead atoms. The molecule has 0 aliphatic heterocycles. The minimum atomic E-state index is -0.731.